The number of imidazole rings is 1. The predicted molar refractivity (Wildman–Crippen MR) is 83.7 cm³/mol. The van der Waals surface area contributed by atoms with Crippen molar-refractivity contribution in [3.8, 4) is 11.5 Å². The van der Waals surface area contributed by atoms with Crippen LogP contribution in [0.4, 0.5) is 0 Å². The zero-order valence-corrected chi connectivity index (χ0v) is 11.7. The largest absolute Gasteiger partial charge is 0.326 e. The molecule has 21 heavy (non-hydrogen) atoms. The van der Waals surface area contributed by atoms with E-state index in [4.69, 9.17) is 10.7 Å². The first-order chi connectivity index (χ1) is 10.3. The molecule has 4 rings (SSSR count). The highest BCUT2D eigenvalue weighted by molar-refractivity contribution is 5.93. The summed E-state index contributed by atoms with van der Waals surface area (Å²) in [5, 5.41) is 8.57. The average molecular weight is 277 g/mol. The van der Waals surface area contributed by atoms with E-state index in [2.05, 4.69) is 26.9 Å². The molecular formula is C16H15N5. The van der Waals surface area contributed by atoms with E-state index in [1.54, 1.807) is 0 Å². The molecule has 5 nitrogen and oxygen atoms in total. The van der Waals surface area contributed by atoms with Gasteiger partial charge in [0.05, 0.1) is 16.6 Å². The van der Waals surface area contributed by atoms with Crippen molar-refractivity contribution in [3.63, 3.8) is 0 Å². The minimum absolute atomic E-state index is 0.481. The summed E-state index contributed by atoms with van der Waals surface area (Å²) in [5.74, 6) is 0.850. The number of nitrogens with one attached hydrogen (secondary N) is 1. The molecule has 0 aliphatic heterocycles. The van der Waals surface area contributed by atoms with Crippen LogP contribution >= 0.6 is 0 Å². The number of hydrogen-bond donors (Lipinski definition) is 2. The van der Waals surface area contributed by atoms with Crippen molar-refractivity contribution in [1.82, 2.24) is 19.7 Å². The molecule has 0 amide bonds. The van der Waals surface area contributed by atoms with E-state index >= 15 is 0 Å². The maximum absolute atomic E-state index is 5.81. The molecule has 0 bridgehead atoms. The van der Waals surface area contributed by atoms with E-state index in [1.165, 1.54) is 0 Å². The number of nitrogens with zero attached hydrogens (tertiary/aromatic N) is 3. The predicted octanol–water partition coefficient (Wildman–Crippen LogP) is 2.58. The summed E-state index contributed by atoms with van der Waals surface area (Å²) < 4.78 is 2.07. The fourth-order valence-electron chi connectivity index (χ4n) is 2.78. The molecule has 104 valence electrons. The van der Waals surface area contributed by atoms with Crippen LogP contribution in [0.3, 0.4) is 0 Å². The molecule has 0 aliphatic carbocycles. The van der Waals surface area contributed by atoms with E-state index in [0.29, 0.717) is 6.54 Å². The summed E-state index contributed by atoms with van der Waals surface area (Å²) in [4.78, 5) is 4.78. The van der Waals surface area contributed by atoms with Crippen LogP contribution in [0.25, 0.3) is 33.5 Å². The molecule has 0 atom stereocenters. The van der Waals surface area contributed by atoms with Crippen molar-refractivity contribution in [1.29, 1.82) is 0 Å². The Hall–Kier alpha value is -2.66. The molecule has 4 aromatic rings. The van der Waals surface area contributed by atoms with Crippen LogP contribution in [0, 0.1) is 0 Å². The van der Waals surface area contributed by atoms with E-state index in [1.807, 2.05) is 37.4 Å². The van der Waals surface area contributed by atoms with Crippen LogP contribution in [0.2, 0.25) is 0 Å². The second-order valence-corrected chi connectivity index (χ2v) is 5.10. The summed E-state index contributed by atoms with van der Waals surface area (Å²) in [6.45, 7) is 0.481. The molecule has 2 aromatic carbocycles. The lowest BCUT2D eigenvalue weighted by molar-refractivity contribution is 0.946. The van der Waals surface area contributed by atoms with E-state index < -0.39 is 0 Å². The van der Waals surface area contributed by atoms with E-state index in [-0.39, 0.29) is 0 Å². The zero-order chi connectivity index (χ0) is 14.4. The highest BCUT2D eigenvalue weighted by Crippen LogP contribution is 2.29. The first-order valence-corrected chi connectivity index (χ1v) is 6.87. The van der Waals surface area contributed by atoms with Gasteiger partial charge in [-0.25, -0.2) is 4.98 Å². The van der Waals surface area contributed by atoms with Crippen LogP contribution < -0.4 is 5.73 Å². The molecule has 5 heteroatoms. The number of aromatic nitrogens is 4. The maximum atomic E-state index is 5.81. The number of nitrogens with two attached hydrogens (primary N) is 1. The first-order valence-electron chi connectivity index (χ1n) is 6.87. The van der Waals surface area contributed by atoms with Crippen molar-refractivity contribution in [3.05, 3.63) is 48.0 Å². The number of rotatable bonds is 2. The highest BCUT2D eigenvalue weighted by Gasteiger charge is 2.16. The van der Waals surface area contributed by atoms with Crippen molar-refractivity contribution in [2.24, 2.45) is 12.8 Å². The Labute approximate surface area is 121 Å². The van der Waals surface area contributed by atoms with Gasteiger partial charge in [-0.1, -0.05) is 30.3 Å². The second-order valence-electron chi connectivity index (χ2n) is 5.10. The van der Waals surface area contributed by atoms with Crippen LogP contribution in [0.5, 0.6) is 0 Å². The molecule has 0 saturated heterocycles. The summed E-state index contributed by atoms with van der Waals surface area (Å²) in [6, 6.07) is 14.2. The van der Waals surface area contributed by atoms with Crippen LogP contribution in [-0.2, 0) is 13.6 Å². The monoisotopic (exact) mass is 277 g/mol. The van der Waals surface area contributed by atoms with Gasteiger partial charge < -0.3 is 10.3 Å². The van der Waals surface area contributed by atoms with E-state index in [0.717, 1.165) is 39.0 Å². The van der Waals surface area contributed by atoms with E-state index in [9.17, 15) is 0 Å². The number of fused-ring (bicyclic) bond motifs is 2. The van der Waals surface area contributed by atoms with Gasteiger partial charge in [-0.2, -0.15) is 5.10 Å². The van der Waals surface area contributed by atoms with Crippen LogP contribution in [0.15, 0.2) is 42.5 Å². The first kappa shape index (κ1) is 12.1. The van der Waals surface area contributed by atoms with Gasteiger partial charge in [0.2, 0.25) is 0 Å². The topological polar surface area (TPSA) is 72.5 Å². The average Bonchev–Trinajstić information content (AvgIpc) is 3.09. The number of benzene rings is 2. The summed E-state index contributed by atoms with van der Waals surface area (Å²) in [5.41, 5.74) is 10.8. The molecule has 0 radical (unpaired) electrons. The lowest BCUT2D eigenvalue weighted by Crippen LogP contribution is -1.97. The molecule has 3 N–H and O–H groups in total. The normalized spacial score (nSPS) is 11.5. The smallest absolute Gasteiger partial charge is 0.162 e. The number of H-pyrrole nitrogens is 1. The Morgan fingerprint density at radius 2 is 2.00 bits per heavy atom. The van der Waals surface area contributed by atoms with Gasteiger partial charge in [0.1, 0.15) is 5.69 Å². The molecule has 0 fully saturated rings. The van der Waals surface area contributed by atoms with Crippen molar-refractivity contribution in [2.75, 3.05) is 0 Å². The van der Waals surface area contributed by atoms with Gasteiger partial charge in [-0.15, -0.1) is 0 Å². The minimum Gasteiger partial charge on any atom is -0.326 e. The Balaban J connectivity index is 2.05. The molecular weight excluding hydrogens is 262 g/mol. The summed E-state index contributed by atoms with van der Waals surface area (Å²) in [7, 11) is 2.01. The molecule has 2 heterocycles. The molecule has 0 spiro atoms. The molecule has 0 unspecified atom stereocenters. The number of hydrogen-bond acceptors (Lipinski definition) is 3. The standard InChI is InChI=1S/C16H15N5/c1-21-13-8-4-5-10(9-17)14(13)18-16(21)15-11-6-2-3-7-12(11)19-20-15/h2-8H,9,17H2,1H3,(H,19,20). The summed E-state index contributed by atoms with van der Waals surface area (Å²) in [6.07, 6.45) is 0. The van der Waals surface area contributed by atoms with Crippen molar-refractivity contribution < 1.29 is 0 Å². The molecule has 0 saturated carbocycles. The van der Waals surface area contributed by atoms with Gasteiger partial charge >= 0.3 is 0 Å². The molecule has 2 aromatic heterocycles. The highest BCUT2D eigenvalue weighted by atomic mass is 15.2. The minimum atomic E-state index is 0.481. The molecule has 0 aliphatic rings. The second kappa shape index (κ2) is 4.43. The Bertz CT molecular complexity index is 948. The third-order valence-electron chi connectivity index (χ3n) is 3.90. The zero-order valence-electron chi connectivity index (χ0n) is 11.7. The number of aromatic amines is 1. The van der Waals surface area contributed by atoms with Crippen molar-refractivity contribution >= 4 is 21.9 Å². The van der Waals surface area contributed by atoms with Gasteiger partial charge in [0, 0.05) is 19.0 Å². The lowest BCUT2D eigenvalue weighted by Gasteiger charge is -2.00. The Morgan fingerprint density at radius 1 is 1.14 bits per heavy atom. The number of aryl methyl sites for hydroxylation is 1. The lowest BCUT2D eigenvalue weighted by atomic mass is 10.2. The van der Waals surface area contributed by atoms with Crippen LogP contribution in [-0.4, -0.2) is 19.7 Å². The Morgan fingerprint density at radius 3 is 2.86 bits per heavy atom. The summed E-state index contributed by atoms with van der Waals surface area (Å²) >= 11 is 0. The van der Waals surface area contributed by atoms with Crippen molar-refractivity contribution in [2.45, 2.75) is 6.54 Å². The SMILES string of the molecule is Cn1c(-c2n[nH]c3ccccc23)nc2c(CN)cccc21. The maximum Gasteiger partial charge on any atom is 0.162 e. The van der Waals surface area contributed by atoms with Gasteiger partial charge in [-0.05, 0) is 17.7 Å². The number of para-hydroxylation sites is 2. The third kappa shape index (κ3) is 1.68. The van der Waals surface area contributed by atoms with Gasteiger partial charge in [0.25, 0.3) is 0 Å². The quantitative estimate of drug-likeness (QED) is 0.591. The fraction of sp³-hybridized carbons (Fsp3) is 0.125. The van der Waals surface area contributed by atoms with Crippen LogP contribution in [0.1, 0.15) is 5.56 Å². The third-order valence-corrected chi connectivity index (χ3v) is 3.90. The fourth-order valence-corrected chi connectivity index (χ4v) is 2.78. The van der Waals surface area contributed by atoms with Gasteiger partial charge in [0.15, 0.2) is 5.82 Å². The Kier molecular flexibility index (Phi) is 2.55. The van der Waals surface area contributed by atoms with Gasteiger partial charge in [-0.3, -0.25) is 5.10 Å².